The van der Waals surface area contributed by atoms with Crippen molar-refractivity contribution < 1.29 is 4.92 Å². The number of benzene rings is 1. The lowest BCUT2D eigenvalue weighted by Gasteiger charge is -2.18. The van der Waals surface area contributed by atoms with Crippen molar-refractivity contribution in [2.45, 2.75) is 13.5 Å². The van der Waals surface area contributed by atoms with Crippen molar-refractivity contribution in [3.63, 3.8) is 0 Å². The molecule has 0 saturated carbocycles. The van der Waals surface area contributed by atoms with Crippen LogP contribution in [0.2, 0.25) is 0 Å². The number of hydrogen-bond donors (Lipinski definition) is 1. The van der Waals surface area contributed by atoms with Crippen molar-refractivity contribution in [1.82, 2.24) is 19.9 Å². The standard InChI is InChI=1S/C19H16N6O3S/c1-11-9-16(23-18(20-11)12-3-5-13(6-4-12)25(27)28)24(2)10-15-21-14-7-8-29-17(14)19(26)22-15/h3-9H,10H2,1-2H3,(H,21,22,26). The van der Waals surface area contributed by atoms with Gasteiger partial charge in [0.2, 0.25) is 0 Å². The predicted molar refractivity (Wildman–Crippen MR) is 111 cm³/mol. The van der Waals surface area contributed by atoms with Crippen LogP contribution in [0.15, 0.2) is 46.6 Å². The van der Waals surface area contributed by atoms with Gasteiger partial charge in [0.25, 0.3) is 11.2 Å². The summed E-state index contributed by atoms with van der Waals surface area (Å²) < 4.78 is 0.606. The first-order valence-electron chi connectivity index (χ1n) is 8.69. The molecule has 3 aromatic heterocycles. The van der Waals surface area contributed by atoms with Gasteiger partial charge in [-0.05, 0) is 30.5 Å². The third kappa shape index (κ3) is 3.83. The number of non-ortho nitro benzene ring substituents is 1. The fourth-order valence-electron chi connectivity index (χ4n) is 2.91. The fourth-order valence-corrected chi connectivity index (χ4v) is 3.64. The van der Waals surface area contributed by atoms with Gasteiger partial charge in [-0.25, -0.2) is 15.0 Å². The minimum Gasteiger partial charge on any atom is -0.352 e. The molecule has 0 radical (unpaired) electrons. The minimum absolute atomic E-state index is 0.0117. The first-order chi connectivity index (χ1) is 13.9. The van der Waals surface area contributed by atoms with Crippen LogP contribution in [0.1, 0.15) is 11.5 Å². The number of nitro groups is 1. The van der Waals surface area contributed by atoms with Crippen LogP contribution in [0.4, 0.5) is 11.5 Å². The van der Waals surface area contributed by atoms with E-state index in [4.69, 9.17) is 0 Å². The number of aryl methyl sites for hydroxylation is 1. The highest BCUT2D eigenvalue weighted by Crippen LogP contribution is 2.23. The molecule has 0 spiro atoms. The van der Waals surface area contributed by atoms with Crippen LogP contribution in [0, 0.1) is 17.0 Å². The van der Waals surface area contributed by atoms with E-state index in [0.29, 0.717) is 39.8 Å². The van der Waals surface area contributed by atoms with Crippen LogP contribution >= 0.6 is 11.3 Å². The molecule has 0 amide bonds. The molecule has 4 rings (SSSR count). The molecule has 146 valence electrons. The van der Waals surface area contributed by atoms with Crippen molar-refractivity contribution >= 4 is 33.1 Å². The SMILES string of the molecule is Cc1cc(N(C)Cc2nc3ccsc3c(=O)[nH]2)nc(-c2ccc([N+](=O)[O-])cc2)n1. The van der Waals surface area contributed by atoms with Crippen LogP contribution < -0.4 is 10.5 Å². The molecule has 1 N–H and O–H groups in total. The molecule has 9 nitrogen and oxygen atoms in total. The lowest BCUT2D eigenvalue weighted by Crippen LogP contribution is -2.22. The lowest BCUT2D eigenvalue weighted by atomic mass is 10.2. The Labute approximate surface area is 168 Å². The van der Waals surface area contributed by atoms with Gasteiger partial charge in [-0.15, -0.1) is 11.3 Å². The Morgan fingerprint density at radius 3 is 2.66 bits per heavy atom. The first kappa shape index (κ1) is 18.7. The van der Waals surface area contributed by atoms with Gasteiger partial charge in [-0.2, -0.15) is 0 Å². The molecule has 0 fully saturated rings. The Morgan fingerprint density at radius 2 is 1.93 bits per heavy atom. The average Bonchev–Trinajstić information content (AvgIpc) is 3.17. The van der Waals surface area contributed by atoms with Gasteiger partial charge in [0, 0.05) is 36.5 Å². The van der Waals surface area contributed by atoms with E-state index in [2.05, 4.69) is 19.9 Å². The number of nitro benzene ring substituents is 1. The Balaban J connectivity index is 1.63. The predicted octanol–water partition coefficient (Wildman–Crippen LogP) is 3.29. The van der Waals surface area contributed by atoms with E-state index in [1.54, 1.807) is 12.1 Å². The van der Waals surface area contributed by atoms with E-state index in [1.807, 2.05) is 36.4 Å². The van der Waals surface area contributed by atoms with E-state index in [-0.39, 0.29) is 11.2 Å². The minimum atomic E-state index is -0.446. The second kappa shape index (κ2) is 7.40. The van der Waals surface area contributed by atoms with Crippen LogP contribution in [0.5, 0.6) is 0 Å². The molecule has 1 aromatic carbocycles. The molecule has 0 atom stereocenters. The second-order valence-corrected chi connectivity index (χ2v) is 7.41. The molecule has 3 heterocycles. The number of rotatable bonds is 5. The van der Waals surface area contributed by atoms with Gasteiger partial charge >= 0.3 is 0 Å². The Hall–Kier alpha value is -3.66. The maximum atomic E-state index is 12.2. The highest BCUT2D eigenvalue weighted by molar-refractivity contribution is 7.17. The monoisotopic (exact) mass is 408 g/mol. The average molecular weight is 408 g/mol. The maximum absolute atomic E-state index is 12.2. The van der Waals surface area contributed by atoms with E-state index < -0.39 is 4.92 Å². The van der Waals surface area contributed by atoms with Gasteiger partial charge in [0.1, 0.15) is 16.3 Å². The molecular weight excluding hydrogens is 392 g/mol. The zero-order chi connectivity index (χ0) is 20.5. The van der Waals surface area contributed by atoms with E-state index in [0.717, 1.165) is 5.69 Å². The van der Waals surface area contributed by atoms with E-state index in [1.165, 1.54) is 23.5 Å². The molecule has 0 aliphatic rings. The zero-order valence-electron chi connectivity index (χ0n) is 15.6. The Bertz CT molecular complexity index is 1270. The van der Waals surface area contributed by atoms with Crippen molar-refractivity contribution in [2.75, 3.05) is 11.9 Å². The second-order valence-electron chi connectivity index (χ2n) is 6.50. The number of hydrogen-bond acceptors (Lipinski definition) is 8. The molecule has 0 bridgehead atoms. The summed E-state index contributed by atoms with van der Waals surface area (Å²) in [5, 5.41) is 12.7. The normalized spacial score (nSPS) is 11.0. The number of fused-ring (bicyclic) bond motifs is 1. The topological polar surface area (TPSA) is 118 Å². The largest absolute Gasteiger partial charge is 0.352 e. The number of nitrogens with one attached hydrogen (secondary N) is 1. The van der Waals surface area contributed by atoms with Crippen LogP contribution in [0.25, 0.3) is 21.6 Å². The van der Waals surface area contributed by atoms with Gasteiger partial charge in [0.05, 0.1) is 17.0 Å². The van der Waals surface area contributed by atoms with E-state index >= 15 is 0 Å². The number of thiophene rings is 1. The van der Waals surface area contributed by atoms with Crippen molar-refractivity contribution in [3.8, 4) is 11.4 Å². The molecule has 10 heteroatoms. The number of H-pyrrole nitrogens is 1. The lowest BCUT2D eigenvalue weighted by molar-refractivity contribution is -0.384. The summed E-state index contributed by atoms with van der Waals surface area (Å²) in [4.78, 5) is 40.7. The maximum Gasteiger partial charge on any atom is 0.269 e. The number of aromatic nitrogens is 4. The summed E-state index contributed by atoms with van der Waals surface area (Å²) in [6.07, 6.45) is 0. The van der Waals surface area contributed by atoms with Crippen LogP contribution in [-0.2, 0) is 6.54 Å². The number of nitrogens with zero attached hydrogens (tertiary/aromatic N) is 5. The molecule has 0 aliphatic carbocycles. The third-order valence-corrected chi connectivity index (χ3v) is 5.22. The molecular formula is C19H16N6O3S. The number of aromatic amines is 1. The fraction of sp³-hybridized carbons (Fsp3) is 0.158. The summed E-state index contributed by atoms with van der Waals surface area (Å²) in [6.45, 7) is 2.21. The smallest absolute Gasteiger partial charge is 0.269 e. The van der Waals surface area contributed by atoms with Gasteiger partial charge in [0.15, 0.2) is 5.82 Å². The molecule has 4 aromatic rings. The zero-order valence-corrected chi connectivity index (χ0v) is 16.4. The first-order valence-corrected chi connectivity index (χ1v) is 9.57. The number of anilines is 1. The van der Waals surface area contributed by atoms with Gasteiger partial charge in [-0.3, -0.25) is 14.9 Å². The third-order valence-electron chi connectivity index (χ3n) is 4.32. The summed E-state index contributed by atoms with van der Waals surface area (Å²) in [6, 6.07) is 9.75. The molecule has 29 heavy (non-hydrogen) atoms. The quantitative estimate of drug-likeness (QED) is 0.397. The molecule has 0 saturated heterocycles. The Morgan fingerprint density at radius 1 is 1.17 bits per heavy atom. The van der Waals surface area contributed by atoms with E-state index in [9.17, 15) is 14.9 Å². The molecule has 0 unspecified atom stereocenters. The summed E-state index contributed by atoms with van der Waals surface area (Å²) >= 11 is 1.36. The van der Waals surface area contributed by atoms with Crippen molar-refractivity contribution in [2.24, 2.45) is 0 Å². The summed E-state index contributed by atoms with van der Waals surface area (Å²) in [5.41, 5.74) is 1.97. The van der Waals surface area contributed by atoms with Crippen LogP contribution in [0.3, 0.4) is 0 Å². The summed E-state index contributed by atoms with van der Waals surface area (Å²) in [5.74, 6) is 1.66. The Kier molecular flexibility index (Phi) is 4.77. The van der Waals surface area contributed by atoms with Crippen LogP contribution in [-0.4, -0.2) is 31.9 Å². The van der Waals surface area contributed by atoms with Crippen molar-refractivity contribution in [3.05, 3.63) is 73.8 Å². The highest BCUT2D eigenvalue weighted by Gasteiger charge is 2.13. The highest BCUT2D eigenvalue weighted by atomic mass is 32.1. The van der Waals surface area contributed by atoms with Gasteiger partial charge < -0.3 is 9.88 Å². The molecule has 0 aliphatic heterocycles. The summed E-state index contributed by atoms with van der Waals surface area (Å²) in [7, 11) is 1.85. The van der Waals surface area contributed by atoms with Gasteiger partial charge in [-0.1, -0.05) is 0 Å². The van der Waals surface area contributed by atoms with Crippen molar-refractivity contribution in [1.29, 1.82) is 0 Å².